The molecule has 1 amide bonds. The molecule has 8 nitrogen and oxygen atoms in total. The van der Waals surface area contributed by atoms with Crippen LogP contribution in [0.1, 0.15) is 28.1 Å². The minimum absolute atomic E-state index is 0.122. The van der Waals surface area contributed by atoms with E-state index in [4.69, 9.17) is 14.2 Å². The summed E-state index contributed by atoms with van der Waals surface area (Å²) in [6.07, 6.45) is 4.52. The first-order chi connectivity index (χ1) is 16.5. The average Bonchev–Trinajstić information content (AvgIpc) is 3.41. The second-order valence-corrected chi connectivity index (χ2v) is 8.93. The summed E-state index contributed by atoms with van der Waals surface area (Å²) in [5.41, 5.74) is 1.89. The lowest BCUT2D eigenvalue weighted by atomic mass is 10.1. The minimum Gasteiger partial charge on any atom is -0.497 e. The summed E-state index contributed by atoms with van der Waals surface area (Å²) in [5, 5.41) is 12.8. The Morgan fingerprint density at radius 2 is 1.94 bits per heavy atom. The number of benzene rings is 1. The molecule has 0 spiro atoms. The Bertz CT molecular complexity index is 1290. The van der Waals surface area contributed by atoms with Crippen molar-refractivity contribution < 1.29 is 19.0 Å². The van der Waals surface area contributed by atoms with Crippen LogP contribution in [0.5, 0.6) is 17.2 Å². The molecule has 1 N–H and O–H groups in total. The standard InChI is InChI=1S/C25H25N3O5S/c1-16-24(33-15-23(30)27-25-20(14-26)19-4-3-5-22(19)34-25)21(29)10-11-28(16)12-13-32-18-8-6-17(31-2)7-9-18/h6-11H,3-5,12-13,15H2,1-2H3,(H,27,30). The number of nitrogens with zero attached hydrogens (tertiary/aromatic N) is 2. The van der Waals surface area contributed by atoms with Gasteiger partial charge in [0.05, 0.1) is 24.9 Å². The number of fused-ring (bicyclic) bond motifs is 1. The van der Waals surface area contributed by atoms with E-state index in [0.717, 1.165) is 35.5 Å². The second-order valence-electron chi connectivity index (χ2n) is 7.82. The molecule has 176 valence electrons. The van der Waals surface area contributed by atoms with Gasteiger partial charge in [0.1, 0.15) is 29.2 Å². The Balaban J connectivity index is 1.36. The summed E-state index contributed by atoms with van der Waals surface area (Å²) in [6.45, 7) is 2.32. The number of hydrogen-bond donors (Lipinski definition) is 1. The minimum atomic E-state index is -0.409. The fourth-order valence-electron chi connectivity index (χ4n) is 3.92. The number of pyridine rings is 1. The Labute approximate surface area is 201 Å². The number of carbonyl (C=O) groups is 1. The van der Waals surface area contributed by atoms with Crippen molar-refractivity contribution in [1.29, 1.82) is 5.26 Å². The van der Waals surface area contributed by atoms with Crippen LogP contribution in [0.4, 0.5) is 5.00 Å². The van der Waals surface area contributed by atoms with Gasteiger partial charge in [0.2, 0.25) is 5.43 Å². The number of nitriles is 1. The number of methoxy groups -OCH3 is 1. The number of ether oxygens (including phenoxy) is 3. The predicted octanol–water partition coefficient (Wildman–Crippen LogP) is 3.68. The van der Waals surface area contributed by atoms with E-state index < -0.39 is 5.91 Å². The summed E-state index contributed by atoms with van der Waals surface area (Å²) in [7, 11) is 1.61. The van der Waals surface area contributed by atoms with Crippen LogP contribution in [-0.4, -0.2) is 30.8 Å². The molecule has 3 aromatic rings. The number of thiophene rings is 1. The van der Waals surface area contributed by atoms with E-state index in [1.165, 1.54) is 17.4 Å². The number of rotatable bonds is 9. The van der Waals surface area contributed by atoms with Gasteiger partial charge in [-0.3, -0.25) is 9.59 Å². The normalized spacial score (nSPS) is 12.0. The van der Waals surface area contributed by atoms with E-state index in [-0.39, 0.29) is 17.8 Å². The van der Waals surface area contributed by atoms with Crippen molar-refractivity contribution >= 4 is 22.2 Å². The SMILES string of the molecule is COc1ccc(OCCn2ccc(=O)c(OCC(=O)Nc3sc4c(c3C#N)CCC4)c2C)cc1. The maximum Gasteiger partial charge on any atom is 0.262 e. The second kappa shape index (κ2) is 10.4. The molecule has 1 aliphatic carbocycles. The Kier molecular flexibility index (Phi) is 7.18. The summed E-state index contributed by atoms with van der Waals surface area (Å²) < 4.78 is 18.3. The molecule has 2 aromatic heterocycles. The van der Waals surface area contributed by atoms with E-state index in [0.29, 0.717) is 35.2 Å². The first-order valence-corrected chi connectivity index (χ1v) is 11.8. The highest BCUT2D eigenvalue weighted by Crippen LogP contribution is 2.38. The monoisotopic (exact) mass is 479 g/mol. The largest absolute Gasteiger partial charge is 0.497 e. The van der Waals surface area contributed by atoms with Gasteiger partial charge in [-0.2, -0.15) is 5.26 Å². The van der Waals surface area contributed by atoms with Crippen LogP contribution in [0.2, 0.25) is 0 Å². The van der Waals surface area contributed by atoms with Crippen LogP contribution in [0, 0.1) is 18.3 Å². The molecule has 0 bridgehead atoms. The quantitative estimate of drug-likeness (QED) is 0.502. The van der Waals surface area contributed by atoms with Gasteiger partial charge < -0.3 is 24.1 Å². The van der Waals surface area contributed by atoms with Crippen molar-refractivity contribution in [1.82, 2.24) is 4.57 Å². The molecule has 0 aliphatic heterocycles. The highest BCUT2D eigenvalue weighted by atomic mass is 32.1. The van der Waals surface area contributed by atoms with Gasteiger partial charge in [0.25, 0.3) is 5.91 Å². The lowest BCUT2D eigenvalue weighted by molar-refractivity contribution is -0.118. The number of amides is 1. The number of carbonyl (C=O) groups excluding carboxylic acids is 1. The van der Waals surface area contributed by atoms with Gasteiger partial charge >= 0.3 is 0 Å². The highest BCUT2D eigenvalue weighted by Gasteiger charge is 2.23. The highest BCUT2D eigenvalue weighted by molar-refractivity contribution is 7.16. The number of anilines is 1. The summed E-state index contributed by atoms with van der Waals surface area (Å²) >= 11 is 1.44. The number of hydrogen-bond acceptors (Lipinski definition) is 7. The van der Waals surface area contributed by atoms with Gasteiger partial charge in [0.15, 0.2) is 12.4 Å². The first-order valence-electron chi connectivity index (χ1n) is 10.9. The van der Waals surface area contributed by atoms with Crippen LogP contribution in [0.25, 0.3) is 0 Å². The number of aromatic nitrogens is 1. The molecule has 0 atom stereocenters. The molecular weight excluding hydrogens is 454 g/mol. The van der Waals surface area contributed by atoms with E-state index in [9.17, 15) is 14.9 Å². The fraction of sp³-hybridized carbons (Fsp3) is 0.320. The van der Waals surface area contributed by atoms with Gasteiger partial charge in [-0.25, -0.2) is 0 Å². The van der Waals surface area contributed by atoms with Gasteiger partial charge in [-0.05, 0) is 56.0 Å². The Morgan fingerprint density at radius 1 is 1.18 bits per heavy atom. The van der Waals surface area contributed by atoms with Crippen LogP contribution in [-0.2, 0) is 24.2 Å². The van der Waals surface area contributed by atoms with E-state index in [2.05, 4.69) is 11.4 Å². The van der Waals surface area contributed by atoms with Crippen molar-refractivity contribution in [3.8, 4) is 23.3 Å². The Morgan fingerprint density at radius 3 is 2.68 bits per heavy atom. The molecule has 2 heterocycles. The first kappa shape index (κ1) is 23.4. The molecule has 0 saturated carbocycles. The van der Waals surface area contributed by atoms with E-state index >= 15 is 0 Å². The van der Waals surface area contributed by atoms with Gasteiger partial charge in [0, 0.05) is 17.1 Å². The molecule has 4 rings (SSSR count). The molecule has 1 aromatic carbocycles. The van der Waals surface area contributed by atoms with Crippen molar-refractivity contribution in [3.05, 3.63) is 68.4 Å². The lowest BCUT2D eigenvalue weighted by Gasteiger charge is -2.15. The zero-order valence-electron chi connectivity index (χ0n) is 19.1. The van der Waals surface area contributed by atoms with E-state index in [1.807, 2.05) is 28.8 Å². The third kappa shape index (κ3) is 5.07. The third-order valence-electron chi connectivity index (χ3n) is 5.68. The topological polar surface area (TPSA) is 103 Å². The van der Waals surface area contributed by atoms with Crippen LogP contribution < -0.4 is 25.0 Å². The molecule has 1 aliphatic rings. The Hall–Kier alpha value is -3.77. The molecule has 34 heavy (non-hydrogen) atoms. The molecular formula is C25H25N3O5S. The molecule has 0 fully saturated rings. The smallest absolute Gasteiger partial charge is 0.262 e. The molecule has 0 unspecified atom stereocenters. The maximum absolute atomic E-state index is 12.5. The number of nitrogens with one attached hydrogen (secondary N) is 1. The summed E-state index contributed by atoms with van der Waals surface area (Å²) in [6, 6.07) is 10.9. The van der Waals surface area contributed by atoms with Crippen molar-refractivity contribution in [2.75, 3.05) is 25.6 Å². The van der Waals surface area contributed by atoms with Crippen molar-refractivity contribution in [2.45, 2.75) is 32.7 Å². The fourth-order valence-corrected chi connectivity index (χ4v) is 5.17. The third-order valence-corrected chi connectivity index (χ3v) is 6.89. The number of aryl methyl sites for hydroxylation is 1. The lowest BCUT2D eigenvalue weighted by Crippen LogP contribution is -2.24. The summed E-state index contributed by atoms with van der Waals surface area (Å²) in [5.74, 6) is 1.18. The van der Waals surface area contributed by atoms with Crippen molar-refractivity contribution in [2.24, 2.45) is 0 Å². The zero-order chi connectivity index (χ0) is 24.1. The maximum atomic E-state index is 12.5. The summed E-state index contributed by atoms with van der Waals surface area (Å²) in [4.78, 5) is 26.0. The van der Waals surface area contributed by atoms with Gasteiger partial charge in [-0.1, -0.05) is 0 Å². The van der Waals surface area contributed by atoms with Crippen molar-refractivity contribution in [3.63, 3.8) is 0 Å². The van der Waals surface area contributed by atoms with E-state index in [1.54, 1.807) is 20.2 Å². The average molecular weight is 480 g/mol. The molecule has 0 saturated heterocycles. The predicted molar refractivity (Wildman–Crippen MR) is 129 cm³/mol. The molecule has 9 heteroatoms. The molecule has 0 radical (unpaired) electrons. The van der Waals surface area contributed by atoms with Gasteiger partial charge in [-0.15, -0.1) is 11.3 Å². The van der Waals surface area contributed by atoms with Crippen LogP contribution in [0.15, 0.2) is 41.3 Å². The zero-order valence-corrected chi connectivity index (χ0v) is 19.9. The van der Waals surface area contributed by atoms with Crippen LogP contribution in [0.3, 0.4) is 0 Å². The van der Waals surface area contributed by atoms with Crippen LogP contribution >= 0.6 is 11.3 Å².